The highest BCUT2D eigenvalue weighted by Crippen LogP contribution is 2.35. The fraction of sp³-hybridized carbons (Fsp3) is 0.182. The van der Waals surface area contributed by atoms with Gasteiger partial charge in [0.25, 0.3) is 0 Å². The third-order valence-electron chi connectivity index (χ3n) is 4.43. The second kappa shape index (κ2) is 9.84. The molecule has 3 aromatic heterocycles. The summed E-state index contributed by atoms with van der Waals surface area (Å²) < 4.78 is 12.3. The molecule has 4 aromatic rings. The number of nitrogens with one attached hydrogen (secondary N) is 1. The van der Waals surface area contributed by atoms with Crippen LogP contribution in [-0.4, -0.2) is 39.0 Å². The fourth-order valence-corrected chi connectivity index (χ4v) is 4.68. The number of thioether (sulfide) groups is 1. The Balaban J connectivity index is 1.48. The van der Waals surface area contributed by atoms with E-state index in [1.807, 2.05) is 37.4 Å². The quantitative estimate of drug-likeness (QED) is 0.295. The summed E-state index contributed by atoms with van der Waals surface area (Å²) >= 11 is 2.53. The van der Waals surface area contributed by atoms with E-state index in [0.29, 0.717) is 27.3 Å². The molecular weight excluding hydrogens is 448 g/mol. The van der Waals surface area contributed by atoms with Gasteiger partial charge in [-0.1, -0.05) is 42.1 Å². The summed E-state index contributed by atoms with van der Waals surface area (Å²) in [5.74, 6) is 0.553. The molecule has 1 N–H and O–H groups in total. The predicted octanol–water partition coefficient (Wildman–Crippen LogP) is 4.71. The number of amides is 1. The monoisotopic (exact) mass is 468 g/mol. The second-order valence-electron chi connectivity index (χ2n) is 6.62. The van der Waals surface area contributed by atoms with Crippen molar-refractivity contribution < 1.29 is 18.7 Å². The number of furan rings is 1. The van der Waals surface area contributed by atoms with Crippen molar-refractivity contribution in [1.29, 1.82) is 0 Å². The minimum atomic E-state index is -0.459. The molecule has 0 bridgehead atoms. The van der Waals surface area contributed by atoms with Crippen LogP contribution in [0.4, 0.5) is 5.69 Å². The number of rotatable bonds is 8. The van der Waals surface area contributed by atoms with Gasteiger partial charge in [0.05, 0.1) is 24.3 Å². The summed E-state index contributed by atoms with van der Waals surface area (Å²) in [4.78, 5) is 26.3. The largest absolute Gasteiger partial charge is 0.462 e. The number of aromatic nitrogens is 3. The van der Waals surface area contributed by atoms with Gasteiger partial charge < -0.3 is 19.0 Å². The highest BCUT2D eigenvalue weighted by atomic mass is 32.2. The second-order valence-corrected chi connectivity index (χ2v) is 8.61. The molecule has 0 unspecified atom stereocenters. The molecule has 4 rings (SSSR count). The Morgan fingerprint density at radius 1 is 1.19 bits per heavy atom. The van der Waals surface area contributed by atoms with Crippen LogP contribution in [0.25, 0.3) is 22.0 Å². The van der Waals surface area contributed by atoms with Gasteiger partial charge in [-0.05, 0) is 30.7 Å². The van der Waals surface area contributed by atoms with Gasteiger partial charge in [-0.25, -0.2) is 4.79 Å². The van der Waals surface area contributed by atoms with E-state index in [0.717, 1.165) is 10.4 Å². The summed E-state index contributed by atoms with van der Waals surface area (Å²) in [6.07, 6.45) is 1.57. The molecule has 3 heterocycles. The van der Waals surface area contributed by atoms with E-state index in [-0.39, 0.29) is 18.3 Å². The Hall–Kier alpha value is -3.37. The molecule has 0 radical (unpaired) electrons. The summed E-state index contributed by atoms with van der Waals surface area (Å²) in [7, 11) is 1.81. The topological polar surface area (TPSA) is 99.2 Å². The minimum absolute atomic E-state index is 0.100. The van der Waals surface area contributed by atoms with Crippen LogP contribution in [-0.2, 0) is 16.6 Å². The molecule has 0 aliphatic carbocycles. The standard InChI is InChI=1S/C22H20N4O4S2/c1-3-29-21(28)19-15(12-17(32-19)14-8-5-4-6-9-14)23-18(27)13-31-22-25-24-20(26(22)2)16-10-7-11-30-16/h4-12H,3,13H2,1-2H3,(H,23,27). The SMILES string of the molecule is CCOC(=O)c1sc(-c2ccccc2)cc1NC(=O)CSc1nnc(-c2ccco2)n1C. The molecule has 0 spiro atoms. The van der Waals surface area contributed by atoms with Crippen LogP contribution in [0.3, 0.4) is 0 Å². The summed E-state index contributed by atoms with van der Waals surface area (Å²) in [6.45, 7) is 2.00. The average Bonchev–Trinajstić information content (AvgIpc) is 3.53. The lowest BCUT2D eigenvalue weighted by Crippen LogP contribution is -2.16. The van der Waals surface area contributed by atoms with Crippen LogP contribution in [0.2, 0.25) is 0 Å². The molecule has 0 fully saturated rings. The molecule has 1 aromatic carbocycles. The molecule has 1 amide bonds. The maximum Gasteiger partial charge on any atom is 0.350 e. The number of nitrogens with zero attached hydrogens (tertiary/aromatic N) is 3. The van der Waals surface area contributed by atoms with E-state index in [2.05, 4.69) is 15.5 Å². The zero-order valence-electron chi connectivity index (χ0n) is 17.4. The summed E-state index contributed by atoms with van der Waals surface area (Å²) in [5.41, 5.74) is 1.40. The predicted molar refractivity (Wildman–Crippen MR) is 124 cm³/mol. The van der Waals surface area contributed by atoms with E-state index < -0.39 is 5.97 Å². The smallest absolute Gasteiger partial charge is 0.350 e. The van der Waals surface area contributed by atoms with Crippen molar-refractivity contribution in [2.75, 3.05) is 17.7 Å². The van der Waals surface area contributed by atoms with Crippen molar-refractivity contribution >= 4 is 40.7 Å². The zero-order chi connectivity index (χ0) is 22.5. The third-order valence-corrected chi connectivity index (χ3v) is 6.62. The van der Waals surface area contributed by atoms with Gasteiger partial charge in [0.2, 0.25) is 5.91 Å². The first kappa shape index (κ1) is 21.8. The van der Waals surface area contributed by atoms with Crippen molar-refractivity contribution in [2.45, 2.75) is 12.1 Å². The maximum absolute atomic E-state index is 12.7. The van der Waals surface area contributed by atoms with Gasteiger partial charge in [-0.2, -0.15) is 0 Å². The molecule has 0 aliphatic rings. The first-order valence-electron chi connectivity index (χ1n) is 9.79. The van der Waals surface area contributed by atoms with Crippen molar-refractivity contribution in [3.05, 3.63) is 59.7 Å². The average molecular weight is 469 g/mol. The molecule has 0 aliphatic heterocycles. The zero-order valence-corrected chi connectivity index (χ0v) is 19.0. The lowest BCUT2D eigenvalue weighted by atomic mass is 10.2. The molecule has 0 saturated carbocycles. The van der Waals surface area contributed by atoms with Crippen LogP contribution in [0.15, 0.2) is 64.4 Å². The molecule has 10 heteroatoms. The molecule has 32 heavy (non-hydrogen) atoms. The van der Waals surface area contributed by atoms with Crippen molar-refractivity contribution in [3.8, 4) is 22.0 Å². The van der Waals surface area contributed by atoms with Gasteiger partial charge >= 0.3 is 5.97 Å². The Bertz CT molecular complexity index is 1220. The van der Waals surface area contributed by atoms with Gasteiger partial charge in [-0.3, -0.25) is 4.79 Å². The third kappa shape index (κ3) is 4.76. The Morgan fingerprint density at radius 3 is 2.72 bits per heavy atom. The van der Waals surface area contributed by atoms with E-state index in [4.69, 9.17) is 9.15 Å². The Morgan fingerprint density at radius 2 is 2.00 bits per heavy atom. The number of benzene rings is 1. The summed E-state index contributed by atoms with van der Waals surface area (Å²) in [5, 5.41) is 11.7. The lowest BCUT2D eigenvalue weighted by molar-refractivity contribution is -0.113. The number of thiophene rings is 1. The molecule has 0 saturated heterocycles. The number of hydrogen-bond acceptors (Lipinski definition) is 8. The molecular formula is C22H20N4O4S2. The summed E-state index contributed by atoms with van der Waals surface area (Å²) in [6, 6.07) is 15.0. The van der Waals surface area contributed by atoms with E-state index in [1.165, 1.54) is 23.1 Å². The molecule has 164 valence electrons. The lowest BCUT2D eigenvalue weighted by Gasteiger charge is -2.06. The first-order valence-corrected chi connectivity index (χ1v) is 11.6. The van der Waals surface area contributed by atoms with Crippen molar-refractivity contribution in [3.63, 3.8) is 0 Å². The van der Waals surface area contributed by atoms with Gasteiger partial charge in [0, 0.05) is 11.9 Å². The maximum atomic E-state index is 12.7. The van der Waals surface area contributed by atoms with Gasteiger partial charge in [0.1, 0.15) is 4.88 Å². The first-order chi connectivity index (χ1) is 15.6. The van der Waals surface area contributed by atoms with Crippen LogP contribution in [0.5, 0.6) is 0 Å². The number of ether oxygens (including phenoxy) is 1. The van der Waals surface area contributed by atoms with Crippen LogP contribution in [0.1, 0.15) is 16.6 Å². The van der Waals surface area contributed by atoms with E-state index in [1.54, 1.807) is 36.0 Å². The van der Waals surface area contributed by atoms with E-state index >= 15 is 0 Å². The Labute approximate surface area is 192 Å². The number of carbonyl (C=O) groups excluding carboxylic acids is 2. The van der Waals surface area contributed by atoms with Gasteiger partial charge in [0.15, 0.2) is 16.7 Å². The number of carbonyl (C=O) groups is 2. The minimum Gasteiger partial charge on any atom is -0.462 e. The van der Waals surface area contributed by atoms with E-state index in [9.17, 15) is 9.59 Å². The normalized spacial score (nSPS) is 10.8. The highest BCUT2D eigenvalue weighted by molar-refractivity contribution is 7.99. The van der Waals surface area contributed by atoms with Crippen molar-refractivity contribution in [1.82, 2.24) is 14.8 Å². The van der Waals surface area contributed by atoms with Gasteiger partial charge in [-0.15, -0.1) is 21.5 Å². The Kier molecular flexibility index (Phi) is 6.72. The number of hydrogen-bond donors (Lipinski definition) is 1. The molecule has 0 atom stereocenters. The van der Waals surface area contributed by atoms with Crippen molar-refractivity contribution in [2.24, 2.45) is 7.05 Å². The number of esters is 1. The number of anilines is 1. The van der Waals surface area contributed by atoms with Crippen LogP contribution < -0.4 is 5.32 Å². The molecule has 8 nitrogen and oxygen atoms in total. The fourth-order valence-electron chi connectivity index (χ4n) is 2.95. The highest BCUT2D eigenvalue weighted by Gasteiger charge is 2.21. The van der Waals surface area contributed by atoms with Crippen LogP contribution in [0, 0.1) is 0 Å². The van der Waals surface area contributed by atoms with Crippen LogP contribution >= 0.6 is 23.1 Å².